The van der Waals surface area contributed by atoms with Crippen molar-refractivity contribution in [3.8, 4) is 11.6 Å². The highest BCUT2D eigenvalue weighted by Crippen LogP contribution is 2.33. The SMILES string of the molecule is CCOC(=O)C(CC)(CC)c1nc(-c2occc2C)no1. The Kier molecular flexibility index (Phi) is 4.45. The number of nitrogens with zero attached hydrogens (tertiary/aromatic N) is 2. The predicted octanol–water partition coefficient (Wildman–Crippen LogP) is 3.26. The van der Waals surface area contributed by atoms with E-state index in [1.165, 1.54) is 0 Å². The minimum absolute atomic E-state index is 0.275. The molecule has 6 nitrogen and oxygen atoms in total. The molecule has 0 saturated heterocycles. The predicted molar refractivity (Wildman–Crippen MR) is 75.6 cm³/mol. The first-order valence-corrected chi connectivity index (χ1v) is 7.14. The van der Waals surface area contributed by atoms with Crippen molar-refractivity contribution in [2.45, 2.75) is 46.0 Å². The summed E-state index contributed by atoms with van der Waals surface area (Å²) in [7, 11) is 0. The van der Waals surface area contributed by atoms with Crippen molar-refractivity contribution in [1.82, 2.24) is 10.1 Å². The number of ether oxygens (including phenoxy) is 1. The summed E-state index contributed by atoms with van der Waals surface area (Å²) in [6.45, 7) is 7.80. The van der Waals surface area contributed by atoms with E-state index < -0.39 is 5.41 Å². The number of esters is 1. The number of aryl methyl sites for hydroxylation is 1. The van der Waals surface area contributed by atoms with E-state index in [0.717, 1.165) is 5.56 Å². The zero-order chi connectivity index (χ0) is 15.5. The third kappa shape index (κ3) is 2.57. The lowest BCUT2D eigenvalue weighted by Crippen LogP contribution is -2.36. The Labute approximate surface area is 123 Å². The molecule has 2 aromatic heterocycles. The quantitative estimate of drug-likeness (QED) is 0.760. The minimum Gasteiger partial charge on any atom is -0.465 e. The van der Waals surface area contributed by atoms with Gasteiger partial charge in [0.2, 0.25) is 11.7 Å². The van der Waals surface area contributed by atoms with E-state index in [2.05, 4.69) is 10.1 Å². The van der Waals surface area contributed by atoms with Crippen LogP contribution in [0, 0.1) is 6.92 Å². The molecule has 0 saturated carbocycles. The van der Waals surface area contributed by atoms with E-state index in [1.807, 2.05) is 26.8 Å². The van der Waals surface area contributed by atoms with Gasteiger partial charge in [0.25, 0.3) is 0 Å². The molecule has 0 aliphatic carbocycles. The third-order valence-corrected chi connectivity index (χ3v) is 3.77. The van der Waals surface area contributed by atoms with Crippen LogP contribution in [0.3, 0.4) is 0 Å². The summed E-state index contributed by atoms with van der Waals surface area (Å²) in [4.78, 5) is 16.7. The fourth-order valence-electron chi connectivity index (χ4n) is 2.31. The number of furan rings is 1. The fourth-order valence-corrected chi connectivity index (χ4v) is 2.31. The number of carbonyl (C=O) groups excluding carboxylic acids is 1. The molecule has 0 atom stereocenters. The van der Waals surface area contributed by atoms with Gasteiger partial charge in [0.1, 0.15) is 5.41 Å². The lowest BCUT2D eigenvalue weighted by atomic mass is 9.82. The molecule has 0 radical (unpaired) electrons. The monoisotopic (exact) mass is 292 g/mol. The van der Waals surface area contributed by atoms with Gasteiger partial charge in [-0.2, -0.15) is 4.98 Å². The molecule has 0 bridgehead atoms. The molecule has 0 fully saturated rings. The molecule has 0 unspecified atom stereocenters. The molecule has 0 aliphatic heterocycles. The van der Waals surface area contributed by atoms with Crippen molar-refractivity contribution in [3.63, 3.8) is 0 Å². The Bertz CT molecular complexity index is 611. The van der Waals surface area contributed by atoms with E-state index >= 15 is 0 Å². The van der Waals surface area contributed by atoms with Crippen molar-refractivity contribution < 1.29 is 18.5 Å². The van der Waals surface area contributed by atoms with Crippen molar-refractivity contribution in [3.05, 3.63) is 23.8 Å². The van der Waals surface area contributed by atoms with Gasteiger partial charge >= 0.3 is 5.97 Å². The van der Waals surface area contributed by atoms with Gasteiger partial charge in [-0.05, 0) is 38.3 Å². The number of rotatable bonds is 6. The lowest BCUT2D eigenvalue weighted by Gasteiger charge is -2.24. The molecular weight excluding hydrogens is 272 g/mol. The van der Waals surface area contributed by atoms with Crippen molar-refractivity contribution in [2.24, 2.45) is 0 Å². The summed E-state index contributed by atoms with van der Waals surface area (Å²) in [6, 6.07) is 1.82. The van der Waals surface area contributed by atoms with Gasteiger partial charge in [-0.15, -0.1) is 0 Å². The second-order valence-electron chi connectivity index (χ2n) is 4.87. The first kappa shape index (κ1) is 15.3. The second kappa shape index (κ2) is 6.11. The highest BCUT2D eigenvalue weighted by Gasteiger charge is 2.44. The lowest BCUT2D eigenvalue weighted by molar-refractivity contribution is -0.151. The molecule has 0 aromatic carbocycles. The molecule has 0 aliphatic rings. The molecular formula is C15H20N2O4. The Morgan fingerprint density at radius 2 is 2.05 bits per heavy atom. The highest BCUT2D eigenvalue weighted by atomic mass is 16.5. The Balaban J connectivity index is 2.41. The summed E-state index contributed by atoms with van der Waals surface area (Å²) >= 11 is 0. The zero-order valence-corrected chi connectivity index (χ0v) is 12.8. The number of hydrogen-bond donors (Lipinski definition) is 0. The topological polar surface area (TPSA) is 78.4 Å². The number of aromatic nitrogens is 2. The van der Waals surface area contributed by atoms with E-state index in [9.17, 15) is 4.79 Å². The van der Waals surface area contributed by atoms with Crippen LogP contribution in [-0.4, -0.2) is 22.7 Å². The van der Waals surface area contributed by atoms with Crippen LogP contribution in [0.1, 0.15) is 45.1 Å². The first-order valence-electron chi connectivity index (χ1n) is 7.14. The van der Waals surface area contributed by atoms with Crippen molar-refractivity contribution in [1.29, 1.82) is 0 Å². The maximum Gasteiger partial charge on any atom is 0.321 e. The Morgan fingerprint density at radius 1 is 1.33 bits per heavy atom. The van der Waals surface area contributed by atoms with Crippen LogP contribution in [0.4, 0.5) is 0 Å². The second-order valence-corrected chi connectivity index (χ2v) is 4.87. The van der Waals surface area contributed by atoms with Crippen molar-refractivity contribution in [2.75, 3.05) is 6.61 Å². The summed E-state index contributed by atoms with van der Waals surface area (Å²) in [5, 5.41) is 3.94. The molecule has 114 valence electrons. The molecule has 2 heterocycles. The number of hydrogen-bond acceptors (Lipinski definition) is 6. The van der Waals surface area contributed by atoms with E-state index in [0.29, 0.717) is 31.0 Å². The molecule has 2 aromatic rings. The van der Waals surface area contributed by atoms with Crippen LogP contribution in [0.2, 0.25) is 0 Å². The van der Waals surface area contributed by atoms with Gasteiger partial charge in [0.05, 0.1) is 12.9 Å². The zero-order valence-electron chi connectivity index (χ0n) is 12.8. The van der Waals surface area contributed by atoms with E-state index in [-0.39, 0.29) is 11.9 Å². The summed E-state index contributed by atoms with van der Waals surface area (Å²) in [5.74, 6) is 0.844. The average Bonchev–Trinajstić information content (AvgIpc) is 3.10. The van der Waals surface area contributed by atoms with Gasteiger partial charge in [-0.25, -0.2) is 0 Å². The van der Waals surface area contributed by atoms with Crippen LogP contribution in [-0.2, 0) is 14.9 Å². The first-order chi connectivity index (χ1) is 10.1. The van der Waals surface area contributed by atoms with Crippen LogP contribution >= 0.6 is 0 Å². The maximum absolute atomic E-state index is 12.3. The smallest absolute Gasteiger partial charge is 0.321 e. The van der Waals surface area contributed by atoms with Gasteiger partial charge in [-0.1, -0.05) is 19.0 Å². The standard InChI is InChI=1S/C15H20N2O4/c1-5-15(6-2,14(18)19-7-3)13-16-12(17-21-13)11-10(4)8-9-20-11/h8-9H,5-7H2,1-4H3. The molecule has 2 rings (SSSR count). The van der Waals surface area contributed by atoms with Gasteiger partial charge in [0, 0.05) is 0 Å². The Morgan fingerprint density at radius 3 is 2.57 bits per heavy atom. The minimum atomic E-state index is -0.901. The van der Waals surface area contributed by atoms with E-state index in [1.54, 1.807) is 13.2 Å². The average molecular weight is 292 g/mol. The molecule has 0 N–H and O–H groups in total. The largest absolute Gasteiger partial charge is 0.465 e. The normalized spacial score (nSPS) is 11.6. The Hall–Kier alpha value is -2.11. The van der Waals surface area contributed by atoms with Gasteiger partial charge in [0.15, 0.2) is 5.76 Å². The number of carbonyl (C=O) groups is 1. The summed E-state index contributed by atoms with van der Waals surface area (Å²) in [6.07, 6.45) is 2.63. The molecule has 0 spiro atoms. The van der Waals surface area contributed by atoms with Gasteiger partial charge in [-0.3, -0.25) is 4.79 Å². The maximum atomic E-state index is 12.3. The molecule has 21 heavy (non-hydrogen) atoms. The van der Waals surface area contributed by atoms with Crippen LogP contribution in [0.5, 0.6) is 0 Å². The molecule has 6 heteroatoms. The van der Waals surface area contributed by atoms with Crippen molar-refractivity contribution >= 4 is 5.97 Å². The van der Waals surface area contributed by atoms with Gasteiger partial charge < -0.3 is 13.7 Å². The summed E-state index contributed by atoms with van der Waals surface area (Å²) in [5.41, 5.74) is 0.0129. The third-order valence-electron chi connectivity index (χ3n) is 3.77. The van der Waals surface area contributed by atoms with Crippen LogP contribution in [0.15, 0.2) is 21.3 Å². The highest BCUT2D eigenvalue weighted by molar-refractivity contribution is 5.81. The van der Waals surface area contributed by atoms with Crippen LogP contribution in [0.25, 0.3) is 11.6 Å². The summed E-state index contributed by atoms with van der Waals surface area (Å²) < 4.78 is 15.9. The van der Waals surface area contributed by atoms with Crippen LogP contribution < -0.4 is 0 Å². The van der Waals surface area contributed by atoms with E-state index in [4.69, 9.17) is 13.7 Å². The molecule has 0 amide bonds. The fraction of sp³-hybridized carbons (Fsp3) is 0.533.